The van der Waals surface area contributed by atoms with Crippen molar-refractivity contribution in [2.24, 2.45) is 16.6 Å². The molecule has 1 saturated carbocycles. The van der Waals surface area contributed by atoms with E-state index in [1.165, 1.54) is 25.7 Å². The van der Waals surface area contributed by atoms with Crippen molar-refractivity contribution in [3.8, 4) is 0 Å². The molecule has 0 amide bonds. The minimum absolute atomic E-state index is 0.540. The molecule has 0 bridgehead atoms. The first-order valence-electron chi connectivity index (χ1n) is 5.65. The first kappa shape index (κ1) is 9.77. The maximum Gasteiger partial charge on any atom is 0.191 e. The molecule has 4 heteroatoms. The maximum atomic E-state index is 5.77. The number of hydrogen-bond acceptors (Lipinski definition) is 4. The van der Waals surface area contributed by atoms with Crippen molar-refractivity contribution < 1.29 is 0 Å². The average Bonchev–Trinajstić information content (AvgIpc) is 2.71. The van der Waals surface area contributed by atoms with Gasteiger partial charge in [-0.15, -0.1) is 0 Å². The molecule has 0 spiro atoms. The highest BCUT2D eigenvalue weighted by molar-refractivity contribution is 5.81. The molecule has 4 N–H and O–H groups in total. The van der Waals surface area contributed by atoms with Gasteiger partial charge >= 0.3 is 0 Å². The average molecular weight is 196 g/mol. The fraction of sp³-hybridized carbons (Fsp3) is 0.900. The van der Waals surface area contributed by atoms with Gasteiger partial charge in [0.15, 0.2) is 5.96 Å². The molecule has 80 valence electrons. The molecule has 0 saturated heterocycles. The van der Waals surface area contributed by atoms with E-state index < -0.39 is 0 Å². The summed E-state index contributed by atoms with van der Waals surface area (Å²) in [6, 6.07) is 0.540. The summed E-state index contributed by atoms with van der Waals surface area (Å²) in [6.45, 7) is 2.68. The molecule has 14 heavy (non-hydrogen) atoms. The van der Waals surface area contributed by atoms with Crippen LogP contribution in [0.15, 0.2) is 4.99 Å². The minimum atomic E-state index is 0.540. The molecule has 0 aromatic heterocycles. The number of nitrogens with zero attached hydrogens (tertiary/aromatic N) is 1. The third-order valence-electron chi connectivity index (χ3n) is 3.21. The molecule has 0 aromatic carbocycles. The van der Waals surface area contributed by atoms with Gasteiger partial charge in [0, 0.05) is 12.6 Å². The van der Waals surface area contributed by atoms with Crippen LogP contribution in [0.1, 0.15) is 25.7 Å². The SMILES string of the molecule is NCC1CCCCC1NC1=NCCN1. The van der Waals surface area contributed by atoms with Crippen LogP contribution in [-0.4, -0.2) is 31.6 Å². The molecule has 2 unspecified atom stereocenters. The Hall–Kier alpha value is -0.770. The van der Waals surface area contributed by atoms with E-state index in [1.54, 1.807) is 0 Å². The largest absolute Gasteiger partial charge is 0.355 e. The highest BCUT2D eigenvalue weighted by Crippen LogP contribution is 2.23. The van der Waals surface area contributed by atoms with E-state index in [4.69, 9.17) is 5.73 Å². The Morgan fingerprint density at radius 3 is 3.00 bits per heavy atom. The number of hydrogen-bond donors (Lipinski definition) is 3. The molecule has 1 aliphatic heterocycles. The summed E-state index contributed by atoms with van der Waals surface area (Å²) in [5.41, 5.74) is 5.77. The molecule has 2 rings (SSSR count). The van der Waals surface area contributed by atoms with Gasteiger partial charge in [0.2, 0.25) is 0 Å². The van der Waals surface area contributed by atoms with Gasteiger partial charge in [0.05, 0.1) is 6.54 Å². The Labute approximate surface area is 85.3 Å². The second-order valence-corrected chi connectivity index (χ2v) is 4.19. The zero-order valence-electron chi connectivity index (χ0n) is 8.63. The summed E-state index contributed by atoms with van der Waals surface area (Å²) >= 11 is 0. The molecule has 0 aromatic rings. The predicted molar refractivity (Wildman–Crippen MR) is 58.2 cm³/mol. The van der Waals surface area contributed by atoms with Gasteiger partial charge in [-0.05, 0) is 25.3 Å². The van der Waals surface area contributed by atoms with Crippen molar-refractivity contribution in [1.82, 2.24) is 10.6 Å². The van der Waals surface area contributed by atoms with Gasteiger partial charge in [0.25, 0.3) is 0 Å². The van der Waals surface area contributed by atoms with E-state index in [-0.39, 0.29) is 0 Å². The van der Waals surface area contributed by atoms with Crippen molar-refractivity contribution in [1.29, 1.82) is 0 Å². The van der Waals surface area contributed by atoms with Crippen molar-refractivity contribution >= 4 is 5.96 Å². The van der Waals surface area contributed by atoms with Gasteiger partial charge in [0.1, 0.15) is 0 Å². The topological polar surface area (TPSA) is 62.4 Å². The van der Waals surface area contributed by atoms with Crippen LogP contribution >= 0.6 is 0 Å². The van der Waals surface area contributed by atoms with Crippen LogP contribution in [0.2, 0.25) is 0 Å². The van der Waals surface area contributed by atoms with Crippen molar-refractivity contribution in [3.05, 3.63) is 0 Å². The predicted octanol–water partition coefficient (Wildman–Crippen LogP) is 0.0527. The lowest BCUT2D eigenvalue weighted by Crippen LogP contribution is -2.48. The van der Waals surface area contributed by atoms with Crippen LogP contribution in [0.3, 0.4) is 0 Å². The molecule has 0 radical (unpaired) electrons. The molecule has 1 heterocycles. The van der Waals surface area contributed by atoms with Crippen molar-refractivity contribution in [3.63, 3.8) is 0 Å². The molecule has 1 fully saturated rings. The van der Waals surface area contributed by atoms with Gasteiger partial charge in [-0.2, -0.15) is 0 Å². The van der Waals surface area contributed by atoms with Crippen LogP contribution in [0, 0.1) is 5.92 Å². The van der Waals surface area contributed by atoms with E-state index in [0.717, 1.165) is 25.6 Å². The van der Waals surface area contributed by atoms with Crippen molar-refractivity contribution in [2.45, 2.75) is 31.7 Å². The summed E-state index contributed by atoms with van der Waals surface area (Å²) in [5, 5.41) is 6.72. The summed E-state index contributed by atoms with van der Waals surface area (Å²) in [5.74, 6) is 1.62. The van der Waals surface area contributed by atoms with E-state index in [9.17, 15) is 0 Å². The molecule has 4 nitrogen and oxygen atoms in total. The van der Waals surface area contributed by atoms with Gasteiger partial charge in [-0.25, -0.2) is 0 Å². The maximum absolute atomic E-state index is 5.77. The first-order chi connectivity index (χ1) is 6.90. The summed E-state index contributed by atoms with van der Waals surface area (Å²) in [7, 11) is 0. The highest BCUT2D eigenvalue weighted by atomic mass is 15.2. The zero-order chi connectivity index (χ0) is 9.80. The van der Waals surface area contributed by atoms with E-state index in [2.05, 4.69) is 15.6 Å². The number of nitrogens with two attached hydrogens (primary N) is 1. The van der Waals surface area contributed by atoms with Crippen LogP contribution in [0.4, 0.5) is 0 Å². The molecule has 2 aliphatic rings. The number of nitrogens with one attached hydrogen (secondary N) is 2. The monoisotopic (exact) mass is 196 g/mol. The van der Waals surface area contributed by atoms with Gasteiger partial charge in [-0.3, -0.25) is 4.99 Å². The highest BCUT2D eigenvalue weighted by Gasteiger charge is 2.24. The quantitative estimate of drug-likeness (QED) is 0.585. The second kappa shape index (κ2) is 4.64. The van der Waals surface area contributed by atoms with Crippen LogP contribution < -0.4 is 16.4 Å². The summed E-state index contributed by atoms with van der Waals surface area (Å²) in [6.07, 6.45) is 5.16. The normalized spacial score (nSPS) is 32.2. The summed E-state index contributed by atoms with van der Waals surface area (Å²) < 4.78 is 0. The van der Waals surface area contributed by atoms with Crippen LogP contribution in [-0.2, 0) is 0 Å². The smallest absolute Gasteiger partial charge is 0.191 e. The lowest BCUT2D eigenvalue weighted by molar-refractivity contribution is 0.293. The molecule has 2 atom stereocenters. The van der Waals surface area contributed by atoms with Gasteiger partial charge in [-0.1, -0.05) is 12.8 Å². The lowest BCUT2D eigenvalue weighted by atomic mass is 9.84. The fourth-order valence-corrected chi connectivity index (χ4v) is 2.35. The fourth-order valence-electron chi connectivity index (χ4n) is 2.35. The van der Waals surface area contributed by atoms with E-state index in [1.807, 2.05) is 0 Å². The molecular weight excluding hydrogens is 176 g/mol. The third-order valence-corrected chi connectivity index (χ3v) is 3.21. The Balaban J connectivity index is 1.87. The lowest BCUT2D eigenvalue weighted by Gasteiger charge is -2.31. The Morgan fingerprint density at radius 2 is 2.29 bits per heavy atom. The Morgan fingerprint density at radius 1 is 1.43 bits per heavy atom. The zero-order valence-corrected chi connectivity index (χ0v) is 8.63. The second-order valence-electron chi connectivity index (χ2n) is 4.19. The molecule has 1 aliphatic carbocycles. The standard InChI is InChI=1S/C10H20N4/c11-7-8-3-1-2-4-9(8)14-10-12-5-6-13-10/h8-9H,1-7,11H2,(H2,12,13,14). The van der Waals surface area contributed by atoms with Crippen molar-refractivity contribution in [2.75, 3.05) is 19.6 Å². The molecular formula is C10H20N4. The first-order valence-corrected chi connectivity index (χ1v) is 5.65. The van der Waals surface area contributed by atoms with Gasteiger partial charge < -0.3 is 16.4 Å². The van der Waals surface area contributed by atoms with E-state index >= 15 is 0 Å². The summed E-state index contributed by atoms with van der Waals surface area (Å²) in [4.78, 5) is 4.35. The van der Waals surface area contributed by atoms with Crippen LogP contribution in [0.5, 0.6) is 0 Å². The third kappa shape index (κ3) is 2.18. The number of aliphatic imine (C=N–C) groups is 1. The van der Waals surface area contributed by atoms with E-state index in [0.29, 0.717) is 12.0 Å². The number of guanidine groups is 1. The van der Waals surface area contributed by atoms with Crippen LogP contribution in [0.25, 0.3) is 0 Å². The Kier molecular flexibility index (Phi) is 3.24. The number of rotatable bonds is 2. The minimum Gasteiger partial charge on any atom is -0.355 e. The Bertz CT molecular complexity index is 214.